The van der Waals surface area contributed by atoms with Crippen molar-refractivity contribution in [1.29, 1.82) is 0 Å². The third-order valence-corrected chi connectivity index (χ3v) is 3.39. The monoisotopic (exact) mass is 346 g/mol. The van der Waals surface area contributed by atoms with Crippen molar-refractivity contribution in [3.63, 3.8) is 0 Å². The molecule has 0 aromatic carbocycles. The number of hydrogen-bond acceptors (Lipinski definition) is 2. The molecule has 1 saturated heterocycles. The SMILES string of the molecule is FC(F)(F)C1(C(F)(F)F)OC(Cl)(Cl)C(Cl)(Cl)O1. The van der Waals surface area contributed by atoms with Crippen molar-refractivity contribution in [2.45, 2.75) is 27.2 Å². The van der Waals surface area contributed by atoms with Gasteiger partial charge in [0.2, 0.25) is 0 Å². The lowest BCUT2D eigenvalue weighted by atomic mass is 10.2. The van der Waals surface area contributed by atoms with Gasteiger partial charge in [-0.15, -0.1) is 0 Å². The lowest BCUT2D eigenvalue weighted by molar-refractivity contribution is -0.444. The lowest BCUT2D eigenvalue weighted by Gasteiger charge is -2.31. The fourth-order valence-electron chi connectivity index (χ4n) is 0.893. The Labute approximate surface area is 110 Å². The minimum absolute atomic E-state index is 3.25. The molecule has 0 spiro atoms. The molecule has 1 aliphatic rings. The summed E-state index contributed by atoms with van der Waals surface area (Å²) in [6.45, 7) is 0. The van der Waals surface area contributed by atoms with Crippen molar-refractivity contribution < 1.29 is 35.8 Å². The predicted molar refractivity (Wildman–Crippen MR) is 45.9 cm³/mol. The highest BCUT2D eigenvalue weighted by atomic mass is 35.5. The predicted octanol–water partition coefficient (Wildman–Crippen LogP) is 4.12. The van der Waals surface area contributed by atoms with E-state index in [0.717, 1.165) is 0 Å². The van der Waals surface area contributed by atoms with Gasteiger partial charge in [0.1, 0.15) is 0 Å². The van der Waals surface area contributed by atoms with E-state index in [0.29, 0.717) is 0 Å². The summed E-state index contributed by atoms with van der Waals surface area (Å²) >= 11 is 20.0. The van der Waals surface area contributed by atoms with Crippen molar-refractivity contribution in [2.24, 2.45) is 0 Å². The highest BCUT2D eigenvalue weighted by Gasteiger charge is 2.84. The molecule has 0 atom stereocenters. The summed E-state index contributed by atoms with van der Waals surface area (Å²) in [7, 11) is 0. The van der Waals surface area contributed by atoms with Crippen molar-refractivity contribution in [3.8, 4) is 0 Å². The molecule has 12 heteroatoms. The highest BCUT2D eigenvalue weighted by molar-refractivity contribution is 6.61. The van der Waals surface area contributed by atoms with E-state index in [9.17, 15) is 26.3 Å². The minimum atomic E-state index is -6.04. The minimum Gasteiger partial charge on any atom is -0.294 e. The maximum Gasteiger partial charge on any atom is 0.453 e. The second kappa shape index (κ2) is 3.83. The van der Waals surface area contributed by atoms with Gasteiger partial charge in [0.05, 0.1) is 0 Å². The zero-order valence-corrected chi connectivity index (χ0v) is 10.1. The van der Waals surface area contributed by atoms with Crippen LogP contribution in [0.3, 0.4) is 0 Å². The van der Waals surface area contributed by atoms with E-state index >= 15 is 0 Å². The van der Waals surface area contributed by atoms with Crippen LogP contribution in [0.25, 0.3) is 0 Å². The molecule has 17 heavy (non-hydrogen) atoms. The average molecular weight is 348 g/mol. The van der Waals surface area contributed by atoms with E-state index < -0.39 is 27.2 Å². The average Bonchev–Trinajstić information content (AvgIpc) is 2.15. The Morgan fingerprint density at radius 2 is 0.882 bits per heavy atom. The highest BCUT2D eigenvalue weighted by Crippen LogP contribution is 2.62. The number of ether oxygens (including phenoxy) is 2. The fourth-order valence-corrected chi connectivity index (χ4v) is 1.48. The van der Waals surface area contributed by atoms with Gasteiger partial charge in [-0.3, -0.25) is 9.47 Å². The molecular formula is C5Cl4F6O2. The van der Waals surface area contributed by atoms with Crippen LogP contribution in [-0.4, -0.2) is 27.2 Å². The fraction of sp³-hybridized carbons (Fsp3) is 1.00. The third-order valence-electron chi connectivity index (χ3n) is 1.63. The number of hydrogen-bond donors (Lipinski definition) is 0. The maximum absolute atomic E-state index is 12.4. The van der Waals surface area contributed by atoms with Gasteiger partial charge in [0.25, 0.3) is 9.04 Å². The first-order chi connectivity index (χ1) is 7.16. The second-order valence-electron chi connectivity index (χ2n) is 2.85. The molecule has 0 aromatic rings. The van der Waals surface area contributed by atoms with Crippen molar-refractivity contribution in [3.05, 3.63) is 0 Å². The zero-order chi connectivity index (χ0) is 13.9. The maximum atomic E-state index is 12.4. The van der Waals surface area contributed by atoms with Crippen molar-refractivity contribution in [1.82, 2.24) is 0 Å². The van der Waals surface area contributed by atoms with Crippen LogP contribution in [0.2, 0.25) is 0 Å². The van der Waals surface area contributed by atoms with Gasteiger partial charge in [-0.05, 0) is 0 Å². The van der Waals surface area contributed by atoms with Gasteiger partial charge in [-0.2, -0.15) is 26.3 Å². The Morgan fingerprint density at radius 3 is 1.00 bits per heavy atom. The summed E-state index contributed by atoms with van der Waals surface area (Å²) in [4.78, 5) is 0. The first-order valence-corrected chi connectivity index (χ1v) is 4.97. The summed E-state index contributed by atoms with van der Waals surface area (Å²) in [5, 5.41) is 0. The van der Waals surface area contributed by atoms with Crippen LogP contribution >= 0.6 is 46.4 Å². The summed E-state index contributed by atoms with van der Waals surface area (Å²) in [6.07, 6.45) is -12.1. The summed E-state index contributed by atoms with van der Waals surface area (Å²) in [6, 6.07) is 0. The molecule has 2 nitrogen and oxygen atoms in total. The van der Waals surface area contributed by atoms with Crippen molar-refractivity contribution >= 4 is 46.4 Å². The molecule has 1 aliphatic heterocycles. The summed E-state index contributed by atoms with van der Waals surface area (Å²) < 4.78 is 74.8. The van der Waals surface area contributed by atoms with Gasteiger partial charge in [0.15, 0.2) is 0 Å². The molecule has 0 bridgehead atoms. The molecule has 0 unspecified atom stereocenters. The quantitative estimate of drug-likeness (QED) is 0.485. The van der Waals surface area contributed by atoms with Crippen LogP contribution < -0.4 is 0 Å². The largest absolute Gasteiger partial charge is 0.453 e. The first kappa shape index (κ1) is 15.7. The van der Waals surface area contributed by atoms with E-state index in [1.165, 1.54) is 0 Å². The molecule has 0 aliphatic carbocycles. The standard InChI is InChI=1S/C5Cl4F6O2/c6-2(7)3(8,9)17-1(16-2,4(10,11)12)5(13,14)15. The third kappa shape index (κ3) is 2.28. The normalized spacial score (nSPS) is 27.2. The van der Waals surface area contributed by atoms with E-state index in [4.69, 9.17) is 46.4 Å². The van der Waals surface area contributed by atoms with Crippen LogP contribution in [0.1, 0.15) is 0 Å². The number of halogens is 10. The van der Waals surface area contributed by atoms with E-state index in [1.54, 1.807) is 0 Å². The van der Waals surface area contributed by atoms with Crippen LogP contribution in [-0.2, 0) is 9.47 Å². The molecule has 1 heterocycles. The first-order valence-electron chi connectivity index (χ1n) is 3.46. The summed E-state index contributed by atoms with van der Waals surface area (Å²) in [5.74, 6) is -5.09. The molecular weight excluding hydrogens is 348 g/mol. The summed E-state index contributed by atoms with van der Waals surface area (Å²) in [5.41, 5.74) is 0. The van der Waals surface area contributed by atoms with Crippen molar-refractivity contribution in [2.75, 3.05) is 0 Å². The molecule has 0 aromatic heterocycles. The second-order valence-corrected chi connectivity index (χ2v) is 5.37. The molecule has 0 radical (unpaired) electrons. The van der Waals surface area contributed by atoms with Gasteiger partial charge >= 0.3 is 18.1 Å². The van der Waals surface area contributed by atoms with Gasteiger partial charge < -0.3 is 0 Å². The van der Waals surface area contributed by atoms with Gasteiger partial charge in [0, 0.05) is 0 Å². The molecule has 0 saturated carbocycles. The van der Waals surface area contributed by atoms with E-state index in [2.05, 4.69) is 9.47 Å². The van der Waals surface area contributed by atoms with Gasteiger partial charge in [-0.1, -0.05) is 46.4 Å². The van der Waals surface area contributed by atoms with Crippen LogP contribution in [0.4, 0.5) is 26.3 Å². The Morgan fingerprint density at radius 1 is 0.647 bits per heavy atom. The Balaban J connectivity index is 3.34. The van der Waals surface area contributed by atoms with Crippen LogP contribution in [0.15, 0.2) is 0 Å². The van der Waals surface area contributed by atoms with Crippen LogP contribution in [0.5, 0.6) is 0 Å². The smallest absolute Gasteiger partial charge is 0.294 e. The topological polar surface area (TPSA) is 18.5 Å². The van der Waals surface area contributed by atoms with Crippen LogP contribution in [0, 0.1) is 0 Å². The Kier molecular flexibility index (Phi) is 3.54. The lowest BCUT2D eigenvalue weighted by Crippen LogP contribution is -2.58. The zero-order valence-electron chi connectivity index (χ0n) is 7.10. The Bertz CT molecular complexity index is 291. The van der Waals surface area contributed by atoms with Gasteiger partial charge in [-0.25, -0.2) is 0 Å². The number of rotatable bonds is 0. The van der Waals surface area contributed by atoms with E-state index in [-0.39, 0.29) is 0 Å². The number of alkyl halides is 10. The molecule has 1 rings (SSSR count). The molecule has 1 fully saturated rings. The molecule has 102 valence electrons. The van der Waals surface area contributed by atoms with E-state index in [1.807, 2.05) is 0 Å². The molecule has 0 amide bonds. The Hall–Kier alpha value is 0.660. The molecule has 0 N–H and O–H groups in total.